The first kappa shape index (κ1) is 21.0. The van der Waals surface area contributed by atoms with Gasteiger partial charge in [0.25, 0.3) is 0 Å². The molecule has 2 heterocycles. The van der Waals surface area contributed by atoms with Crippen LogP contribution in [0.4, 0.5) is 5.82 Å². The second-order valence-electron chi connectivity index (χ2n) is 8.13. The number of benzene rings is 2. The molecule has 6 heteroatoms. The van der Waals surface area contributed by atoms with Crippen molar-refractivity contribution in [2.24, 2.45) is 0 Å². The molecule has 4 nitrogen and oxygen atoms in total. The summed E-state index contributed by atoms with van der Waals surface area (Å²) in [6, 6.07) is 15.7. The molecule has 0 bridgehead atoms. The van der Waals surface area contributed by atoms with Crippen molar-refractivity contribution in [2.45, 2.75) is 19.4 Å². The van der Waals surface area contributed by atoms with Gasteiger partial charge in [0.2, 0.25) is 0 Å². The summed E-state index contributed by atoms with van der Waals surface area (Å²) in [6.45, 7) is 3.86. The van der Waals surface area contributed by atoms with Crippen molar-refractivity contribution in [3.8, 4) is 28.1 Å². The van der Waals surface area contributed by atoms with Crippen molar-refractivity contribution in [2.75, 3.05) is 32.1 Å². The minimum Gasteiger partial charge on any atom is -0.507 e. The van der Waals surface area contributed by atoms with E-state index in [9.17, 15) is 5.11 Å². The molecule has 1 aliphatic rings. The van der Waals surface area contributed by atoms with Crippen molar-refractivity contribution in [1.29, 1.82) is 0 Å². The molecule has 0 saturated carbocycles. The average molecular weight is 442 g/mol. The van der Waals surface area contributed by atoms with Crippen LogP contribution in [0.25, 0.3) is 22.4 Å². The second-order valence-corrected chi connectivity index (χ2v) is 9.00. The highest BCUT2D eigenvalue weighted by molar-refractivity contribution is 6.35. The van der Waals surface area contributed by atoms with Crippen molar-refractivity contribution < 1.29 is 5.11 Å². The maximum absolute atomic E-state index is 10.5. The van der Waals surface area contributed by atoms with E-state index in [2.05, 4.69) is 30.0 Å². The molecule has 1 saturated heterocycles. The van der Waals surface area contributed by atoms with E-state index in [4.69, 9.17) is 28.2 Å². The van der Waals surface area contributed by atoms with E-state index in [1.165, 1.54) is 0 Å². The van der Waals surface area contributed by atoms with Crippen LogP contribution < -0.4 is 4.90 Å². The monoisotopic (exact) mass is 441 g/mol. The fraction of sp³-hybridized carbons (Fsp3) is 0.292. The van der Waals surface area contributed by atoms with E-state index in [1.54, 1.807) is 12.1 Å². The number of halogens is 2. The quantitative estimate of drug-likeness (QED) is 0.548. The molecule has 30 heavy (non-hydrogen) atoms. The zero-order chi connectivity index (χ0) is 21.4. The van der Waals surface area contributed by atoms with Crippen LogP contribution >= 0.6 is 23.2 Å². The maximum atomic E-state index is 10.5. The first-order valence-corrected chi connectivity index (χ1v) is 10.8. The van der Waals surface area contributed by atoms with Crippen molar-refractivity contribution in [3.63, 3.8) is 0 Å². The number of phenols is 1. The number of hydrogen-bond donors (Lipinski definition) is 1. The van der Waals surface area contributed by atoms with E-state index < -0.39 is 0 Å². The van der Waals surface area contributed by atoms with Gasteiger partial charge in [-0.15, -0.1) is 0 Å². The highest BCUT2D eigenvalue weighted by Gasteiger charge is 2.26. The highest BCUT2D eigenvalue weighted by atomic mass is 35.5. The average Bonchev–Trinajstić information content (AvgIpc) is 3.19. The Labute approximate surface area is 187 Å². The molecule has 0 radical (unpaired) electrons. The molecule has 4 rings (SSSR count). The van der Waals surface area contributed by atoms with Crippen LogP contribution in [-0.2, 0) is 0 Å². The van der Waals surface area contributed by atoms with Gasteiger partial charge in [-0.1, -0.05) is 34.8 Å². The largest absolute Gasteiger partial charge is 0.507 e. The number of aromatic hydroxyl groups is 1. The Morgan fingerprint density at radius 2 is 1.70 bits per heavy atom. The molecule has 2 aromatic carbocycles. The summed E-state index contributed by atoms with van der Waals surface area (Å²) in [5.74, 6) is 1.11. The van der Waals surface area contributed by atoms with Gasteiger partial charge in [0.05, 0.1) is 5.69 Å². The van der Waals surface area contributed by atoms with Crippen LogP contribution in [-0.4, -0.2) is 48.2 Å². The van der Waals surface area contributed by atoms with Crippen LogP contribution in [0.5, 0.6) is 5.75 Å². The normalized spacial score (nSPS) is 16.5. The number of nitrogens with zero attached hydrogens (tertiary/aromatic N) is 3. The van der Waals surface area contributed by atoms with Crippen molar-refractivity contribution >= 4 is 29.0 Å². The lowest BCUT2D eigenvalue weighted by Crippen LogP contribution is -2.31. The van der Waals surface area contributed by atoms with Gasteiger partial charge >= 0.3 is 0 Å². The molecular formula is C24H25Cl2N3O. The number of hydrogen-bond acceptors (Lipinski definition) is 4. The third-order valence-electron chi connectivity index (χ3n) is 5.65. The minimum atomic E-state index is 0.216. The van der Waals surface area contributed by atoms with Crippen molar-refractivity contribution in [1.82, 2.24) is 9.88 Å². The highest BCUT2D eigenvalue weighted by Crippen LogP contribution is 2.36. The third kappa shape index (κ3) is 4.41. The van der Waals surface area contributed by atoms with Crippen LogP contribution in [0.15, 0.2) is 48.5 Å². The Morgan fingerprint density at radius 1 is 1.00 bits per heavy atom. The number of aryl methyl sites for hydroxylation is 1. The summed E-state index contributed by atoms with van der Waals surface area (Å²) in [5, 5.41) is 11.7. The summed E-state index contributed by atoms with van der Waals surface area (Å²) in [6.07, 6.45) is 1.09. The standard InChI is InChI=1S/C24H25Cl2N3O/c1-15-4-5-23(30)21(8-15)22-11-17(16-9-18(25)13-19(26)10-16)12-24(27-22)29-7-6-20(14-29)28(2)3/h4-5,8-13,20,30H,6-7,14H2,1-3H3. The summed E-state index contributed by atoms with van der Waals surface area (Å²) < 4.78 is 0. The Bertz CT molecular complexity index is 1060. The van der Waals surface area contributed by atoms with E-state index in [-0.39, 0.29) is 5.75 Å². The molecule has 1 aliphatic heterocycles. The van der Waals surface area contributed by atoms with Gasteiger partial charge in [0, 0.05) is 34.7 Å². The van der Waals surface area contributed by atoms with Crippen molar-refractivity contribution in [3.05, 3.63) is 64.1 Å². The molecule has 1 aromatic heterocycles. The Balaban J connectivity index is 1.85. The Hall–Kier alpha value is -2.27. The number of pyridine rings is 1. The van der Waals surface area contributed by atoms with Gasteiger partial charge in [-0.05, 0) is 81.0 Å². The SMILES string of the molecule is Cc1ccc(O)c(-c2cc(-c3cc(Cl)cc(Cl)c3)cc(N3CCC(N(C)C)C3)n2)c1. The number of phenolic OH excluding ortho intramolecular Hbond substituents is 1. The van der Waals surface area contributed by atoms with Gasteiger partial charge in [0.1, 0.15) is 11.6 Å². The van der Waals surface area contributed by atoms with Crippen LogP contribution in [0.1, 0.15) is 12.0 Å². The lowest BCUT2D eigenvalue weighted by molar-refractivity contribution is 0.315. The van der Waals surface area contributed by atoms with Gasteiger partial charge in [-0.3, -0.25) is 0 Å². The van der Waals surface area contributed by atoms with Crippen LogP contribution in [0.3, 0.4) is 0 Å². The van der Waals surface area contributed by atoms with Gasteiger partial charge < -0.3 is 14.9 Å². The third-order valence-corrected chi connectivity index (χ3v) is 6.09. The molecule has 0 amide bonds. The number of rotatable bonds is 4. The Morgan fingerprint density at radius 3 is 2.37 bits per heavy atom. The summed E-state index contributed by atoms with van der Waals surface area (Å²) in [4.78, 5) is 9.49. The topological polar surface area (TPSA) is 39.6 Å². The predicted octanol–water partition coefficient (Wildman–Crippen LogP) is 5.88. The van der Waals surface area contributed by atoms with E-state index in [1.807, 2.05) is 37.3 Å². The molecule has 156 valence electrons. The summed E-state index contributed by atoms with van der Waals surface area (Å²) in [5.41, 5.74) is 4.40. The number of likely N-dealkylation sites (N-methyl/N-ethyl adjacent to an activating group) is 1. The fourth-order valence-electron chi connectivity index (χ4n) is 3.93. The lowest BCUT2D eigenvalue weighted by Gasteiger charge is -2.22. The smallest absolute Gasteiger partial charge is 0.129 e. The van der Waals surface area contributed by atoms with Gasteiger partial charge in [-0.25, -0.2) is 4.98 Å². The number of aromatic nitrogens is 1. The Kier molecular flexibility index (Phi) is 5.92. The van der Waals surface area contributed by atoms with Crippen LogP contribution in [0, 0.1) is 6.92 Å². The second kappa shape index (κ2) is 8.46. The molecule has 1 unspecified atom stereocenters. The molecule has 1 fully saturated rings. The van der Waals surface area contributed by atoms with E-state index in [0.29, 0.717) is 16.1 Å². The van der Waals surface area contributed by atoms with Gasteiger partial charge in [-0.2, -0.15) is 0 Å². The molecule has 3 aromatic rings. The first-order chi connectivity index (χ1) is 14.3. The first-order valence-electron chi connectivity index (χ1n) is 10.00. The minimum absolute atomic E-state index is 0.216. The molecule has 1 N–H and O–H groups in total. The zero-order valence-corrected chi connectivity index (χ0v) is 18.9. The predicted molar refractivity (Wildman–Crippen MR) is 126 cm³/mol. The lowest BCUT2D eigenvalue weighted by atomic mass is 10.0. The zero-order valence-electron chi connectivity index (χ0n) is 17.4. The molecule has 0 aliphatic carbocycles. The fourth-order valence-corrected chi connectivity index (χ4v) is 4.46. The van der Waals surface area contributed by atoms with E-state index in [0.717, 1.165) is 53.3 Å². The molecule has 1 atom stereocenters. The number of anilines is 1. The summed E-state index contributed by atoms with van der Waals surface area (Å²) in [7, 11) is 4.23. The summed E-state index contributed by atoms with van der Waals surface area (Å²) >= 11 is 12.5. The molecular weight excluding hydrogens is 417 g/mol. The van der Waals surface area contributed by atoms with Gasteiger partial charge in [0.15, 0.2) is 0 Å². The van der Waals surface area contributed by atoms with Crippen LogP contribution in [0.2, 0.25) is 10.0 Å². The van der Waals surface area contributed by atoms with E-state index >= 15 is 0 Å². The molecule has 0 spiro atoms. The maximum Gasteiger partial charge on any atom is 0.129 e.